The van der Waals surface area contributed by atoms with Gasteiger partial charge in [-0.1, -0.05) is 13.3 Å². The van der Waals surface area contributed by atoms with E-state index < -0.39 is 5.91 Å². The summed E-state index contributed by atoms with van der Waals surface area (Å²) in [5.41, 5.74) is 5.06. The van der Waals surface area contributed by atoms with E-state index in [0.717, 1.165) is 12.8 Å². The van der Waals surface area contributed by atoms with Crippen LogP contribution in [0.25, 0.3) is 0 Å². The highest BCUT2D eigenvalue weighted by Gasteiger charge is 2.14. The Bertz CT molecular complexity index is 207. The number of hydrogen-bond donors (Lipinski definition) is 1. The van der Waals surface area contributed by atoms with Gasteiger partial charge >= 0.3 is 0 Å². The van der Waals surface area contributed by atoms with E-state index >= 15 is 0 Å². The molecule has 0 aromatic rings. The first-order valence-electron chi connectivity index (χ1n) is 5.25. The molecule has 2 amide bonds. The van der Waals surface area contributed by atoms with Gasteiger partial charge < -0.3 is 15.4 Å². The number of amides is 2. The minimum atomic E-state index is -0.490. The predicted molar refractivity (Wildman–Crippen MR) is 57.2 cm³/mol. The molecule has 0 aromatic heterocycles. The van der Waals surface area contributed by atoms with Crippen molar-refractivity contribution in [3.63, 3.8) is 0 Å². The zero-order valence-electron chi connectivity index (χ0n) is 9.49. The summed E-state index contributed by atoms with van der Waals surface area (Å²) in [7, 11) is 0. The molecule has 0 radical (unpaired) electrons. The van der Waals surface area contributed by atoms with Gasteiger partial charge in [0.15, 0.2) is 0 Å². The average Bonchev–Trinajstić information content (AvgIpc) is 2.20. The van der Waals surface area contributed by atoms with Gasteiger partial charge in [0.25, 0.3) is 0 Å². The third-order valence-corrected chi connectivity index (χ3v) is 1.91. The maximum absolute atomic E-state index is 11.5. The molecule has 0 aliphatic heterocycles. The van der Waals surface area contributed by atoms with E-state index in [1.807, 2.05) is 13.8 Å². The lowest BCUT2D eigenvalue weighted by Crippen LogP contribution is -2.40. The highest BCUT2D eigenvalue weighted by atomic mass is 16.5. The van der Waals surface area contributed by atoms with Crippen molar-refractivity contribution in [2.75, 3.05) is 26.3 Å². The lowest BCUT2D eigenvalue weighted by atomic mass is 10.3. The van der Waals surface area contributed by atoms with Crippen LogP contribution < -0.4 is 5.73 Å². The quantitative estimate of drug-likeness (QED) is 0.627. The predicted octanol–water partition coefficient (Wildman–Crippen LogP) is 0.137. The Kier molecular flexibility index (Phi) is 7.62. The van der Waals surface area contributed by atoms with Gasteiger partial charge in [0.05, 0.1) is 6.54 Å². The summed E-state index contributed by atoms with van der Waals surface area (Å²) in [6, 6.07) is 0. The van der Waals surface area contributed by atoms with Gasteiger partial charge in [-0.05, 0) is 13.3 Å². The summed E-state index contributed by atoms with van der Waals surface area (Å²) in [4.78, 5) is 23.7. The summed E-state index contributed by atoms with van der Waals surface area (Å²) in [5, 5.41) is 0. The fourth-order valence-corrected chi connectivity index (χ4v) is 1.11. The Hall–Kier alpha value is -1.10. The van der Waals surface area contributed by atoms with Crippen LogP contribution >= 0.6 is 0 Å². The van der Waals surface area contributed by atoms with Crippen molar-refractivity contribution < 1.29 is 14.3 Å². The van der Waals surface area contributed by atoms with E-state index in [1.165, 1.54) is 4.90 Å². The highest BCUT2D eigenvalue weighted by Crippen LogP contribution is 1.96. The Morgan fingerprint density at radius 2 is 2.00 bits per heavy atom. The molecule has 0 saturated heterocycles. The molecule has 0 aliphatic rings. The SMILES string of the molecule is CCCCN(CC(N)=O)C(=O)COCC. The summed E-state index contributed by atoms with van der Waals surface area (Å²) >= 11 is 0. The summed E-state index contributed by atoms with van der Waals surface area (Å²) in [6.07, 6.45) is 1.84. The van der Waals surface area contributed by atoms with Crippen LogP contribution in [0.5, 0.6) is 0 Å². The summed E-state index contributed by atoms with van der Waals surface area (Å²) in [5.74, 6) is -0.667. The number of primary amides is 1. The van der Waals surface area contributed by atoms with Crippen LogP contribution in [0.3, 0.4) is 0 Å². The second-order valence-electron chi connectivity index (χ2n) is 3.27. The van der Waals surface area contributed by atoms with Crippen LogP contribution in [-0.2, 0) is 14.3 Å². The third kappa shape index (κ3) is 6.90. The van der Waals surface area contributed by atoms with E-state index in [9.17, 15) is 9.59 Å². The van der Waals surface area contributed by atoms with Gasteiger partial charge in [0, 0.05) is 13.2 Å². The molecule has 0 bridgehead atoms. The van der Waals surface area contributed by atoms with Gasteiger partial charge in [-0.15, -0.1) is 0 Å². The number of carbonyl (C=O) groups is 2. The van der Waals surface area contributed by atoms with Crippen LogP contribution in [0.15, 0.2) is 0 Å². The minimum Gasteiger partial charge on any atom is -0.372 e. The fourth-order valence-electron chi connectivity index (χ4n) is 1.11. The lowest BCUT2D eigenvalue weighted by molar-refractivity contribution is -0.139. The average molecular weight is 216 g/mol. The number of unbranched alkanes of at least 4 members (excludes halogenated alkanes) is 1. The highest BCUT2D eigenvalue weighted by molar-refractivity contribution is 5.84. The van der Waals surface area contributed by atoms with Gasteiger partial charge in [0.2, 0.25) is 11.8 Å². The molecule has 0 unspecified atom stereocenters. The standard InChI is InChI=1S/C10H20N2O3/c1-3-5-6-12(7-9(11)13)10(14)8-15-4-2/h3-8H2,1-2H3,(H2,11,13). The minimum absolute atomic E-state index is 0.0213. The Labute approximate surface area is 90.6 Å². The number of nitrogens with two attached hydrogens (primary N) is 1. The Morgan fingerprint density at radius 3 is 2.47 bits per heavy atom. The molecule has 0 aliphatic carbocycles. The van der Waals surface area contributed by atoms with E-state index in [1.54, 1.807) is 0 Å². The topological polar surface area (TPSA) is 72.6 Å². The van der Waals surface area contributed by atoms with Crippen molar-refractivity contribution in [1.29, 1.82) is 0 Å². The van der Waals surface area contributed by atoms with Gasteiger partial charge in [0.1, 0.15) is 6.61 Å². The summed E-state index contributed by atoms with van der Waals surface area (Å²) < 4.78 is 4.99. The van der Waals surface area contributed by atoms with Gasteiger partial charge in [-0.25, -0.2) is 0 Å². The smallest absolute Gasteiger partial charge is 0.249 e. The van der Waals surface area contributed by atoms with E-state index in [0.29, 0.717) is 13.2 Å². The lowest BCUT2D eigenvalue weighted by Gasteiger charge is -2.20. The van der Waals surface area contributed by atoms with Crippen molar-refractivity contribution in [2.45, 2.75) is 26.7 Å². The molecule has 15 heavy (non-hydrogen) atoms. The molecule has 0 atom stereocenters. The van der Waals surface area contributed by atoms with E-state index in [4.69, 9.17) is 10.5 Å². The maximum Gasteiger partial charge on any atom is 0.249 e. The van der Waals surface area contributed by atoms with Gasteiger partial charge in [-0.2, -0.15) is 0 Å². The van der Waals surface area contributed by atoms with Crippen molar-refractivity contribution in [3.8, 4) is 0 Å². The number of nitrogens with zero attached hydrogens (tertiary/aromatic N) is 1. The Balaban J connectivity index is 4.07. The van der Waals surface area contributed by atoms with Crippen LogP contribution in [0.1, 0.15) is 26.7 Å². The van der Waals surface area contributed by atoms with Crippen molar-refractivity contribution in [3.05, 3.63) is 0 Å². The molecular weight excluding hydrogens is 196 g/mol. The first-order valence-corrected chi connectivity index (χ1v) is 5.25. The molecule has 0 heterocycles. The number of hydrogen-bond acceptors (Lipinski definition) is 3. The van der Waals surface area contributed by atoms with Crippen molar-refractivity contribution in [2.24, 2.45) is 5.73 Å². The molecule has 0 spiro atoms. The second-order valence-corrected chi connectivity index (χ2v) is 3.27. The van der Waals surface area contributed by atoms with E-state index in [-0.39, 0.29) is 19.1 Å². The van der Waals surface area contributed by atoms with Crippen LogP contribution in [0.2, 0.25) is 0 Å². The molecule has 88 valence electrons. The zero-order valence-corrected chi connectivity index (χ0v) is 9.49. The normalized spacial score (nSPS) is 10.0. The molecule has 0 saturated carbocycles. The van der Waals surface area contributed by atoms with Crippen LogP contribution in [0, 0.1) is 0 Å². The first kappa shape index (κ1) is 13.9. The monoisotopic (exact) mass is 216 g/mol. The second kappa shape index (κ2) is 8.23. The van der Waals surface area contributed by atoms with E-state index in [2.05, 4.69) is 0 Å². The largest absolute Gasteiger partial charge is 0.372 e. The van der Waals surface area contributed by atoms with Gasteiger partial charge in [-0.3, -0.25) is 9.59 Å². The maximum atomic E-state index is 11.5. The molecule has 2 N–H and O–H groups in total. The first-order chi connectivity index (χ1) is 7.11. The number of carbonyl (C=O) groups excluding carboxylic acids is 2. The molecule has 0 fully saturated rings. The van der Waals surface area contributed by atoms with Crippen LogP contribution in [-0.4, -0.2) is 43.0 Å². The number of ether oxygens (including phenoxy) is 1. The molecule has 0 rings (SSSR count). The third-order valence-electron chi connectivity index (χ3n) is 1.91. The zero-order chi connectivity index (χ0) is 11.7. The number of rotatable bonds is 8. The Morgan fingerprint density at radius 1 is 1.33 bits per heavy atom. The molecule has 5 nitrogen and oxygen atoms in total. The molecule has 0 aromatic carbocycles. The van der Waals surface area contributed by atoms with Crippen LogP contribution in [0.4, 0.5) is 0 Å². The molecule has 5 heteroatoms. The summed E-state index contributed by atoms with van der Waals surface area (Å²) in [6.45, 7) is 4.89. The van der Waals surface area contributed by atoms with Crippen molar-refractivity contribution >= 4 is 11.8 Å². The molecular formula is C10H20N2O3. The fraction of sp³-hybridized carbons (Fsp3) is 0.800. The van der Waals surface area contributed by atoms with Crippen molar-refractivity contribution in [1.82, 2.24) is 4.90 Å².